The van der Waals surface area contributed by atoms with E-state index in [-0.39, 0.29) is 36.9 Å². The first-order valence-corrected chi connectivity index (χ1v) is 13.9. The monoisotopic (exact) mass is 575 g/mol. The molecule has 2 aromatic heterocycles. The number of halogens is 2. The van der Waals surface area contributed by atoms with Crippen molar-refractivity contribution < 1.29 is 14.3 Å². The first-order chi connectivity index (χ1) is 17.8. The highest BCUT2D eigenvalue weighted by Gasteiger charge is 2.23. The molecule has 2 heterocycles. The van der Waals surface area contributed by atoms with E-state index in [0.29, 0.717) is 35.9 Å². The number of carbonyl (C=O) groups is 2. The van der Waals surface area contributed by atoms with Gasteiger partial charge in [0.05, 0.1) is 24.3 Å². The molecule has 0 saturated carbocycles. The molecule has 0 atom stereocenters. The molecule has 0 unspecified atom stereocenters. The van der Waals surface area contributed by atoms with Gasteiger partial charge in [-0.3, -0.25) is 14.2 Å². The van der Waals surface area contributed by atoms with Crippen LogP contribution in [0.1, 0.15) is 33.3 Å². The molecule has 7 nitrogen and oxygen atoms in total. The van der Waals surface area contributed by atoms with Crippen molar-refractivity contribution in [2.45, 2.75) is 32.1 Å². The molecule has 0 aliphatic heterocycles. The molecule has 1 N–H and O–H groups in total. The molecular weight excluding hydrogens is 553 g/mol. The van der Waals surface area contributed by atoms with Gasteiger partial charge in [-0.2, -0.15) is 0 Å². The number of benzene rings is 2. The molecule has 0 bridgehead atoms. The number of esters is 1. The lowest BCUT2D eigenvalue weighted by atomic mass is 10.2. The van der Waals surface area contributed by atoms with Crippen LogP contribution in [0, 0.1) is 6.92 Å². The minimum atomic E-state index is -0.489. The summed E-state index contributed by atoms with van der Waals surface area (Å²) in [5.74, 6) is -0.687. The van der Waals surface area contributed by atoms with Gasteiger partial charge < -0.3 is 10.1 Å². The number of thioether (sulfide) groups is 1. The van der Waals surface area contributed by atoms with Gasteiger partial charge >= 0.3 is 5.97 Å². The minimum absolute atomic E-state index is 0.0348. The van der Waals surface area contributed by atoms with Crippen LogP contribution in [0.2, 0.25) is 10.0 Å². The zero-order valence-electron chi connectivity index (χ0n) is 20.0. The van der Waals surface area contributed by atoms with Crippen molar-refractivity contribution in [3.8, 4) is 0 Å². The highest BCUT2D eigenvalue weighted by Crippen LogP contribution is 2.30. The fraction of sp³-hybridized carbons (Fsp3) is 0.231. The summed E-state index contributed by atoms with van der Waals surface area (Å²) in [7, 11) is 0. The van der Waals surface area contributed by atoms with E-state index in [1.54, 1.807) is 38.1 Å². The van der Waals surface area contributed by atoms with Crippen LogP contribution in [0.4, 0.5) is 0 Å². The number of ether oxygens (including phenoxy) is 1. The van der Waals surface area contributed by atoms with Gasteiger partial charge in [0.1, 0.15) is 9.71 Å². The van der Waals surface area contributed by atoms with E-state index in [0.717, 1.165) is 34.2 Å². The second-order valence-corrected chi connectivity index (χ2v) is 10.8. The van der Waals surface area contributed by atoms with Gasteiger partial charge in [0.2, 0.25) is 5.91 Å². The van der Waals surface area contributed by atoms with Crippen LogP contribution in [0.3, 0.4) is 0 Å². The van der Waals surface area contributed by atoms with Gasteiger partial charge in [-0.1, -0.05) is 65.3 Å². The molecule has 37 heavy (non-hydrogen) atoms. The summed E-state index contributed by atoms with van der Waals surface area (Å²) in [6, 6.07) is 14.5. The molecule has 0 fully saturated rings. The molecule has 2 aromatic carbocycles. The number of nitrogens with one attached hydrogen (secondary N) is 1. The van der Waals surface area contributed by atoms with Crippen molar-refractivity contribution in [3.63, 3.8) is 0 Å². The fourth-order valence-corrected chi connectivity index (χ4v) is 6.03. The Morgan fingerprint density at radius 2 is 1.95 bits per heavy atom. The summed E-state index contributed by atoms with van der Waals surface area (Å²) < 4.78 is 6.66. The first kappa shape index (κ1) is 27.2. The second-order valence-electron chi connectivity index (χ2n) is 8.03. The molecule has 4 aromatic rings. The number of hydrogen-bond acceptors (Lipinski definition) is 7. The summed E-state index contributed by atoms with van der Waals surface area (Å²) in [6.45, 7) is 4.16. The van der Waals surface area contributed by atoms with Crippen molar-refractivity contribution in [1.82, 2.24) is 14.9 Å². The van der Waals surface area contributed by atoms with Crippen LogP contribution in [0.15, 0.2) is 58.5 Å². The highest BCUT2D eigenvalue weighted by atomic mass is 35.5. The Hall–Kier alpha value is -2.85. The van der Waals surface area contributed by atoms with Crippen molar-refractivity contribution >= 4 is 68.4 Å². The number of aryl methyl sites for hydroxylation is 1. The maximum atomic E-state index is 13.7. The second kappa shape index (κ2) is 12.1. The van der Waals surface area contributed by atoms with Crippen LogP contribution in [0.25, 0.3) is 10.2 Å². The third kappa shape index (κ3) is 6.35. The normalized spacial score (nSPS) is 11.0. The summed E-state index contributed by atoms with van der Waals surface area (Å²) in [6.07, 6.45) is 0. The molecule has 192 valence electrons. The Labute approximate surface area is 231 Å². The standard InChI is InChI=1S/C26H23Cl2N3O4S2/c1-3-35-25(34)22-15(2)21-23(37-22)30-26(31(24(21)33)13-16-7-6-9-18(27)11-16)36-14-20(32)29-12-17-8-4-5-10-19(17)28/h4-11H,3,12-14H2,1-2H3,(H,29,32). The Morgan fingerprint density at radius 1 is 1.16 bits per heavy atom. The van der Waals surface area contributed by atoms with E-state index < -0.39 is 5.97 Å². The van der Waals surface area contributed by atoms with Crippen LogP contribution < -0.4 is 10.9 Å². The number of amides is 1. The number of aromatic nitrogens is 2. The maximum Gasteiger partial charge on any atom is 0.348 e. The Balaban J connectivity index is 1.65. The average Bonchev–Trinajstić information content (AvgIpc) is 3.20. The summed E-state index contributed by atoms with van der Waals surface area (Å²) in [4.78, 5) is 44.2. The fourth-order valence-electron chi connectivity index (χ4n) is 3.67. The lowest BCUT2D eigenvalue weighted by Gasteiger charge is -2.13. The van der Waals surface area contributed by atoms with Gasteiger partial charge in [-0.05, 0) is 48.7 Å². The van der Waals surface area contributed by atoms with E-state index in [2.05, 4.69) is 10.3 Å². The number of rotatable bonds is 9. The number of nitrogens with zero attached hydrogens (tertiary/aromatic N) is 2. The predicted molar refractivity (Wildman–Crippen MR) is 149 cm³/mol. The molecular formula is C26H23Cl2N3O4S2. The largest absolute Gasteiger partial charge is 0.462 e. The summed E-state index contributed by atoms with van der Waals surface area (Å²) in [5.41, 5.74) is 1.85. The van der Waals surface area contributed by atoms with E-state index in [4.69, 9.17) is 27.9 Å². The van der Waals surface area contributed by atoms with Gasteiger partial charge in [-0.25, -0.2) is 9.78 Å². The number of carbonyl (C=O) groups excluding carboxylic acids is 2. The van der Waals surface area contributed by atoms with E-state index >= 15 is 0 Å². The minimum Gasteiger partial charge on any atom is -0.462 e. The predicted octanol–water partition coefficient (Wildman–Crippen LogP) is 5.71. The molecule has 4 rings (SSSR count). The quantitative estimate of drug-likeness (QED) is 0.156. The topological polar surface area (TPSA) is 90.3 Å². The maximum absolute atomic E-state index is 13.7. The van der Waals surface area contributed by atoms with Crippen LogP contribution in [-0.2, 0) is 22.6 Å². The van der Waals surface area contributed by atoms with E-state index in [1.807, 2.05) is 24.3 Å². The molecule has 11 heteroatoms. The Bertz CT molecular complexity index is 1530. The Morgan fingerprint density at radius 3 is 2.68 bits per heavy atom. The third-order valence-corrected chi connectivity index (χ3v) is 8.22. The number of fused-ring (bicyclic) bond motifs is 1. The number of thiophene rings is 1. The van der Waals surface area contributed by atoms with Crippen molar-refractivity contribution in [1.29, 1.82) is 0 Å². The molecule has 0 spiro atoms. The van der Waals surface area contributed by atoms with E-state index in [9.17, 15) is 14.4 Å². The van der Waals surface area contributed by atoms with Crippen molar-refractivity contribution in [2.75, 3.05) is 12.4 Å². The SMILES string of the molecule is CCOC(=O)c1sc2nc(SCC(=O)NCc3ccccc3Cl)n(Cc3cccc(Cl)c3)c(=O)c2c1C. The molecule has 1 amide bonds. The number of hydrogen-bond donors (Lipinski definition) is 1. The van der Waals surface area contributed by atoms with Crippen LogP contribution >= 0.6 is 46.3 Å². The van der Waals surface area contributed by atoms with Gasteiger partial charge in [0.15, 0.2) is 5.16 Å². The first-order valence-electron chi connectivity index (χ1n) is 11.4. The highest BCUT2D eigenvalue weighted by molar-refractivity contribution is 7.99. The van der Waals surface area contributed by atoms with Crippen LogP contribution in [0.5, 0.6) is 0 Å². The summed E-state index contributed by atoms with van der Waals surface area (Å²) >= 11 is 14.6. The smallest absolute Gasteiger partial charge is 0.348 e. The average molecular weight is 577 g/mol. The van der Waals surface area contributed by atoms with E-state index in [1.165, 1.54) is 4.57 Å². The van der Waals surface area contributed by atoms with Gasteiger partial charge in [0.25, 0.3) is 5.56 Å². The van der Waals surface area contributed by atoms with Crippen LogP contribution in [-0.4, -0.2) is 33.8 Å². The van der Waals surface area contributed by atoms with Crippen molar-refractivity contribution in [2.24, 2.45) is 0 Å². The molecule has 0 aliphatic carbocycles. The van der Waals surface area contributed by atoms with Crippen molar-refractivity contribution in [3.05, 3.63) is 90.5 Å². The van der Waals surface area contributed by atoms with Gasteiger partial charge in [0, 0.05) is 16.6 Å². The van der Waals surface area contributed by atoms with Gasteiger partial charge in [-0.15, -0.1) is 11.3 Å². The molecule has 0 radical (unpaired) electrons. The zero-order chi connectivity index (χ0) is 26.5. The molecule has 0 saturated heterocycles. The zero-order valence-corrected chi connectivity index (χ0v) is 23.2. The third-order valence-electron chi connectivity index (χ3n) is 5.47. The molecule has 0 aliphatic rings. The lowest BCUT2D eigenvalue weighted by molar-refractivity contribution is -0.118. The lowest BCUT2D eigenvalue weighted by Crippen LogP contribution is -2.27. The Kier molecular flexibility index (Phi) is 8.91. The summed E-state index contributed by atoms with van der Waals surface area (Å²) in [5, 5.41) is 4.69.